The van der Waals surface area contributed by atoms with Crippen LogP contribution in [0.3, 0.4) is 0 Å². The molecule has 0 unspecified atom stereocenters. The van der Waals surface area contributed by atoms with Crippen molar-refractivity contribution in [1.29, 1.82) is 0 Å². The molecule has 1 aliphatic heterocycles. The molecule has 0 bridgehead atoms. The Morgan fingerprint density at radius 2 is 1.91 bits per heavy atom. The van der Waals surface area contributed by atoms with E-state index >= 15 is 0 Å². The van der Waals surface area contributed by atoms with E-state index in [2.05, 4.69) is 4.98 Å². The van der Waals surface area contributed by atoms with Crippen molar-refractivity contribution in [3.8, 4) is 11.5 Å². The highest BCUT2D eigenvalue weighted by Gasteiger charge is 2.21. The largest absolute Gasteiger partial charge is 0.497 e. The molecule has 2 aromatic rings. The Bertz CT molecular complexity index is 746. The molecule has 0 aliphatic carbocycles. The van der Waals surface area contributed by atoms with Gasteiger partial charge < -0.3 is 19.4 Å². The van der Waals surface area contributed by atoms with Crippen LogP contribution in [-0.4, -0.2) is 32.3 Å². The Labute approximate surface area is 129 Å². The second-order valence-electron chi connectivity index (χ2n) is 5.94. The van der Waals surface area contributed by atoms with Crippen LogP contribution in [-0.2, 0) is 6.54 Å². The van der Waals surface area contributed by atoms with Gasteiger partial charge in [0, 0.05) is 24.6 Å². The highest BCUT2D eigenvalue weighted by molar-refractivity contribution is 5.86. The van der Waals surface area contributed by atoms with Gasteiger partial charge in [0.2, 0.25) is 0 Å². The summed E-state index contributed by atoms with van der Waals surface area (Å²) in [5, 5.41) is 0.635. The lowest BCUT2D eigenvalue weighted by Gasteiger charge is -2.15. The van der Waals surface area contributed by atoms with Gasteiger partial charge in [-0.2, -0.15) is 0 Å². The molecule has 5 heteroatoms. The second-order valence-corrected chi connectivity index (χ2v) is 5.94. The number of methoxy groups -OCH3 is 2. The van der Waals surface area contributed by atoms with Crippen LogP contribution in [0, 0.1) is 6.92 Å². The van der Waals surface area contributed by atoms with Crippen LogP contribution in [0.5, 0.6) is 11.5 Å². The standard InChI is InChI=1S/C17H22N2O3/c1-11-14(10-19-6-4-5-7-19)17(20)13-8-12(21-2)9-15(22-3)16(13)18-11/h8-9H,4-7,10H2,1-3H3,(H,18,20)/p+1. The molecule has 5 nitrogen and oxygen atoms in total. The summed E-state index contributed by atoms with van der Waals surface area (Å²) in [5.41, 5.74) is 2.63. The van der Waals surface area contributed by atoms with Gasteiger partial charge in [0.05, 0.1) is 43.8 Å². The van der Waals surface area contributed by atoms with Gasteiger partial charge in [-0.25, -0.2) is 0 Å². The number of quaternary nitrogens is 1. The number of aromatic nitrogens is 1. The van der Waals surface area contributed by atoms with Gasteiger partial charge in [0.25, 0.3) is 0 Å². The molecule has 0 radical (unpaired) electrons. The number of pyridine rings is 1. The summed E-state index contributed by atoms with van der Waals surface area (Å²) in [7, 11) is 3.20. The van der Waals surface area contributed by atoms with Crippen molar-refractivity contribution < 1.29 is 14.4 Å². The normalized spacial score (nSPS) is 15.4. The van der Waals surface area contributed by atoms with E-state index in [0.717, 1.165) is 36.4 Å². The maximum Gasteiger partial charge on any atom is 0.198 e. The molecule has 2 N–H and O–H groups in total. The minimum atomic E-state index is 0.0860. The van der Waals surface area contributed by atoms with Gasteiger partial charge in [-0.3, -0.25) is 4.79 Å². The lowest BCUT2D eigenvalue weighted by atomic mass is 10.1. The highest BCUT2D eigenvalue weighted by Crippen LogP contribution is 2.28. The number of likely N-dealkylation sites (tertiary alicyclic amines) is 1. The van der Waals surface area contributed by atoms with E-state index in [4.69, 9.17) is 9.47 Å². The van der Waals surface area contributed by atoms with Crippen LogP contribution >= 0.6 is 0 Å². The number of nitrogens with one attached hydrogen (secondary N) is 2. The van der Waals surface area contributed by atoms with Gasteiger partial charge in [-0.15, -0.1) is 0 Å². The second kappa shape index (κ2) is 6.01. The van der Waals surface area contributed by atoms with Crippen molar-refractivity contribution >= 4 is 10.9 Å². The number of H-pyrrole nitrogens is 1. The van der Waals surface area contributed by atoms with Gasteiger partial charge in [0.15, 0.2) is 5.43 Å². The SMILES string of the molecule is COc1cc(OC)c2[nH]c(C)c(C[NH+]3CCCC3)c(=O)c2c1. The van der Waals surface area contributed by atoms with Crippen LogP contribution in [0.2, 0.25) is 0 Å². The average Bonchev–Trinajstić information content (AvgIpc) is 3.04. The number of aromatic amines is 1. The predicted molar refractivity (Wildman–Crippen MR) is 86.0 cm³/mol. The number of hydrogen-bond donors (Lipinski definition) is 2. The Morgan fingerprint density at radius 1 is 1.18 bits per heavy atom. The first-order valence-corrected chi connectivity index (χ1v) is 7.75. The van der Waals surface area contributed by atoms with E-state index in [-0.39, 0.29) is 5.43 Å². The Hall–Kier alpha value is -2.01. The van der Waals surface area contributed by atoms with Crippen LogP contribution < -0.4 is 19.8 Å². The van der Waals surface area contributed by atoms with Crippen LogP contribution in [0.1, 0.15) is 24.1 Å². The fraction of sp³-hybridized carbons (Fsp3) is 0.471. The van der Waals surface area contributed by atoms with Crippen molar-refractivity contribution in [3.63, 3.8) is 0 Å². The van der Waals surface area contributed by atoms with Crippen molar-refractivity contribution in [2.75, 3.05) is 27.3 Å². The first-order chi connectivity index (χ1) is 10.6. The molecule has 1 saturated heterocycles. The molecule has 0 amide bonds. The molecule has 1 aromatic carbocycles. The summed E-state index contributed by atoms with van der Waals surface area (Å²) in [4.78, 5) is 17.8. The molecule has 1 aliphatic rings. The number of aryl methyl sites for hydroxylation is 1. The molecule has 0 atom stereocenters. The van der Waals surface area contributed by atoms with Crippen molar-refractivity contribution in [2.24, 2.45) is 0 Å². The van der Waals surface area contributed by atoms with Crippen molar-refractivity contribution in [2.45, 2.75) is 26.3 Å². The molecular weight excluding hydrogens is 280 g/mol. The monoisotopic (exact) mass is 303 g/mol. The van der Waals surface area contributed by atoms with Crippen LogP contribution in [0.4, 0.5) is 0 Å². The number of fused-ring (bicyclic) bond motifs is 1. The minimum absolute atomic E-state index is 0.0860. The summed E-state index contributed by atoms with van der Waals surface area (Å²) >= 11 is 0. The first kappa shape index (κ1) is 14.9. The predicted octanol–water partition coefficient (Wildman–Crippen LogP) is 1.03. The summed E-state index contributed by atoms with van der Waals surface area (Å²) in [6.07, 6.45) is 2.50. The fourth-order valence-electron chi connectivity index (χ4n) is 3.29. The molecule has 0 saturated carbocycles. The Balaban J connectivity index is 2.16. The quantitative estimate of drug-likeness (QED) is 0.887. The average molecular weight is 303 g/mol. The van der Waals surface area contributed by atoms with Gasteiger partial charge in [0.1, 0.15) is 18.0 Å². The zero-order chi connectivity index (χ0) is 15.7. The first-order valence-electron chi connectivity index (χ1n) is 7.75. The van der Waals surface area contributed by atoms with E-state index in [9.17, 15) is 4.79 Å². The van der Waals surface area contributed by atoms with E-state index in [1.807, 2.05) is 6.92 Å². The smallest absolute Gasteiger partial charge is 0.198 e. The maximum absolute atomic E-state index is 12.9. The Morgan fingerprint density at radius 3 is 2.55 bits per heavy atom. The molecule has 0 spiro atoms. The third-order valence-electron chi connectivity index (χ3n) is 4.55. The molecular formula is C17H23N2O3+. The van der Waals surface area contributed by atoms with Gasteiger partial charge in [-0.05, 0) is 13.0 Å². The lowest BCUT2D eigenvalue weighted by molar-refractivity contribution is -0.901. The Kier molecular flexibility index (Phi) is 4.07. The number of hydrogen-bond acceptors (Lipinski definition) is 3. The molecule has 2 heterocycles. The lowest BCUT2D eigenvalue weighted by Crippen LogP contribution is -3.08. The van der Waals surface area contributed by atoms with Crippen LogP contribution in [0.15, 0.2) is 16.9 Å². The van der Waals surface area contributed by atoms with E-state index < -0.39 is 0 Å². The highest BCUT2D eigenvalue weighted by atomic mass is 16.5. The van der Waals surface area contributed by atoms with Gasteiger partial charge >= 0.3 is 0 Å². The summed E-state index contributed by atoms with van der Waals surface area (Å²) in [6.45, 7) is 5.06. The zero-order valence-corrected chi connectivity index (χ0v) is 13.4. The van der Waals surface area contributed by atoms with Crippen LogP contribution in [0.25, 0.3) is 10.9 Å². The topological polar surface area (TPSA) is 55.8 Å². The third kappa shape index (κ3) is 2.57. The zero-order valence-electron chi connectivity index (χ0n) is 13.4. The van der Waals surface area contributed by atoms with Gasteiger partial charge in [-0.1, -0.05) is 0 Å². The number of rotatable bonds is 4. The minimum Gasteiger partial charge on any atom is -0.497 e. The fourth-order valence-corrected chi connectivity index (χ4v) is 3.29. The molecule has 1 fully saturated rings. The molecule has 118 valence electrons. The van der Waals surface area contributed by atoms with Crippen molar-refractivity contribution in [1.82, 2.24) is 4.98 Å². The molecule has 3 rings (SSSR count). The summed E-state index contributed by atoms with van der Waals surface area (Å²) in [6, 6.07) is 3.59. The summed E-state index contributed by atoms with van der Waals surface area (Å²) < 4.78 is 10.7. The number of ether oxygens (including phenoxy) is 2. The van der Waals surface area contributed by atoms with E-state index in [1.165, 1.54) is 17.7 Å². The number of benzene rings is 1. The molecule has 22 heavy (non-hydrogen) atoms. The summed E-state index contributed by atoms with van der Waals surface area (Å²) in [5.74, 6) is 1.27. The van der Waals surface area contributed by atoms with E-state index in [0.29, 0.717) is 16.9 Å². The van der Waals surface area contributed by atoms with E-state index in [1.54, 1.807) is 26.4 Å². The molecule has 1 aromatic heterocycles. The third-order valence-corrected chi connectivity index (χ3v) is 4.55. The maximum atomic E-state index is 12.9. The van der Waals surface area contributed by atoms with Crippen molar-refractivity contribution in [3.05, 3.63) is 33.6 Å².